The summed E-state index contributed by atoms with van der Waals surface area (Å²) in [7, 11) is 1.74. The second-order valence-corrected chi connectivity index (χ2v) is 10.3. The predicted molar refractivity (Wildman–Crippen MR) is 132 cm³/mol. The first-order chi connectivity index (χ1) is 16.4. The van der Waals surface area contributed by atoms with Crippen molar-refractivity contribution in [3.8, 4) is 0 Å². The number of hydrogen-bond acceptors (Lipinski definition) is 4. The third-order valence-electron chi connectivity index (χ3n) is 8.24. The van der Waals surface area contributed by atoms with Crippen LogP contribution < -0.4 is 16.0 Å². The van der Waals surface area contributed by atoms with Crippen molar-refractivity contribution in [2.45, 2.75) is 102 Å². The number of rotatable bonds is 6. The van der Waals surface area contributed by atoms with Crippen molar-refractivity contribution in [3.05, 3.63) is 35.4 Å². The molecule has 2 aliphatic heterocycles. The fourth-order valence-corrected chi connectivity index (χ4v) is 6.01. The first kappa shape index (κ1) is 24.7. The van der Waals surface area contributed by atoms with E-state index >= 15 is 0 Å². The van der Waals surface area contributed by atoms with Gasteiger partial charge in [-0.3, -0.25) is 14.4 Å². The average Bonchev–Trinajstić information content (AvgIpc) is 3.27. The lowest BCUT2D eigenvalue weighted by molar-refractivity contribution is -0.145. The monoisotopic (exact) mass is 468 g/mol. The van der Waals surface area contributed by atoms with Gasteiger partial charge in [0, 0.05) is 6.04 Å². The maximum atomic E-state index is 13.8. The summed E-state index contributed by atoms with van der Waals surface area (Å²) in [5, 5.41) is 9.22. The smallest absolute Gasteiger partial charge is 0.246 e. The van der Waals surface area contributed by atoms with Gasteiger partial charge in [0.1, 0.15) is 12.1 Å². The van der Waals surface area contributed by atoms with Gasteiger partial charge in [-0.1, -0.05) is 37.6 Å². The van der Waals surface area contributed by atoms with Crippen molar-refractivity contribution < 1.29 is 14.4 Å². The summed E-state index contributed by atoms with van der Waals surface area (Å²) in [6.45, 7) is 3.94. The third kappa shape index (κ3) is 5.14. The topological polar surface area (TPSA) is 90.5 Å². The zero-order valence-electron chi connectivity index (χ0n) is 20.8. The van der Waals surface area contributed by atoms with Crippen LogP contribution in [0.4, 0.5) is 0 Å². The Bertz CT molecular complexity index is 904. The van der Waals surface area contributed by atoms with E-state index in [1.165, 1.54) is 11.1 Å². The maximum Gasteiger partial charge on any atom is 0.246 e. The highest BCUT2D eigenvalue weighted by atomic mass is 16.2. The number of fused-ring (bicyclic) bond motifs is 2. The minimum Gasteiger partial charge on any atom is -0.347 e. The number of hydrogen-bond donors (Lipinski definition) is 3. The molecule has 1 aliphatic carbocycles. The highest BCUT2D eigenvalue weighted by Gasteiger charge is 2.45. The Labute approximate surface area is 203 Å². The molecule has 34 heavy (non-hydrogen) atoms. The second-order valence-electron chi connectivity index (χ2n) is 10.3. The molecular formula is C27H40N4O3. The minimum atomic E-state index is -0.583. The van der Waals surface area contributed by atoms with E-state index in [1.54, 1.807) is 14.0 Å². The fourth-order valence-electron chi connectivity index (χ4n) is 6.01. The molecule has 2 fully saturated rings. The summed E-state index contributed by atoms with van der Waals surface area (Å²) >= 11 is 0. The molecule has 3 N–H and O–H groups in total. The number of benzene rings is 1. The number of carbonyl (C=O) groups is 3. The summed E-state index contributed by atoms with van der Waals surface area (Å²) in [5.74, 6) is 0.0695. The molecule has 0 spiro atoms. The van der Waals surface area contributed by atoms with Gasteiger partial charge in [0.15, 0.2) is 0 Å². The first-order valence-corrected chi connectivity index (χ1v) is 13.1. The van der Waals surface area contributed by atoms with Gasteiger partial charge in [-0.2, -0.15) is 0 Å². The van der Waals surface area contributed by atoms with Crippen molar-refractivity contribution in [2.24, 2.45) is 5.92 Å². The molecule has 2 heterocycles. The molecular weight excluding hydrogens is 428 g/mol. The Balaban J connectivity index is 1.52. The summed E-state index contributed by atoms with van der Waals surface area (Å²) in [6.07, 6.45) is 8.10. The van der Waals surface area contributed by atoms with Gasteiger partial charge in [-0.15, -0.1) is 0 Å². The predicted octanol–water partition coefficient (Wildman–Crippen LogP) is 2.84. The SMILES string of the molecule is CC[C@H]1CC[C@H]2CC[C@@H](C(=O)N[C@@H]3CCCc4ccccc43)N2C(=O)[C@@H](NC(=O)[C@H](C)NC)C1. The Kier molecular flexibility index (Phi) is 7.91. The van der Waals surface area contributed by atoms with Crippen molar-refractivity contribution in [3.63, 3.8) is 0 Å². The number of aryl methyl sites for hydroxylation is 1. The van der Waals surface area contributed by atoms with Crippen LogP contribution in [0.25, 0.3) is 0 Å². The molecule has 3 amide bonds. The standard InChI is InChI=1S/C27H40N4O3/c1-4-18-12-13-20-14-15-24(31(20)27(34)23(16-18)30-25(32)17(2)28-3)26(33)29-22-11-7-9-19-8-5-6-10-21(19)22/h5-6,8,10,17-18,20,22-24,28H,4,7,9,11-16H2,1-3H3,(H,29,33)(H,30,32)/t17-,18-,20-,22+,23-,24-/m0/s1. The molecule has 0 bridgehead atoms. The van der Waals surface area contributed by atoms with Crippen molar-refractivity contribution in [1.82, 2.24) is 20.9 Å². The highest BCUT2D eigenvalue weighted by molar-refractivity contribution is 5.93. The molecule has 4 rings (SSSR count). The summed E-state index contributed by atoms with van der Waals surface area (Å²) < 4.78 is 0. The lowest BCUT2D eigenvalue weighted by atomic mass is 9.87. The molecule has 7 nitrogen and oxygen atoms in total. The van der Waals surface area contributed by atoms with Gasteiger partial charge in [-0.25, -0.2) is 0 Å². The summed E-state index contributed by atoms with van der Waals surface area (Å²) in [6, 6.07) is 6.97. The third-order valence-corrected chi connectivity index (χ3v) is 8.24. The summed E-state index contributed by atoms with van der Waals surface area (Å²) in [4.78, 5) is 41.8. The molecule has 0 radical (unpaired) electrons. The van der Waals surface area contributed by atoms with E-state index in [1.807, 2.05) is 11.0 Å². The normalized spacial score (nSPS) is 29.9. The summed E-state index contributed by atoms with van der Waals surface area (Å²) in [5.41, 5.74) is 2.50. The zero-order valence-corrected chi connectivity index (χ0v) is 20.8. The van der Waals surface area contributed by atoms with Gasteiger partial charge in [-0.05, 0) is 82.4 Å². The van der Waals surface area contributed by atoms with Crippen LogP contribution in [0.3, 0.4) is 0 Å². The van der Waals surface area contributed by atoms with E-state index in [9.17, 15) is 14.4 Å². The van der Waals surface area contributed by atoms with E-state index in [4.69, 9.17) is 0 Å². The number of nitrogens with zero attached hydrogens (tertiary/aromatic N) is 1. The molecule has 0 unspecified atom stereocenters. The Morgan fingerprint density at radius 2 is 1.82 bits per heavy atom. The van der Waals surface area contributed by atoms with Crippen LogP contribution in [0.2, 0.25) is 0 Å². The second kappa shape index (κ2) is 10.9. The van der Waals surface area contributed by atoms with Crippen LogP contribution in [0, 0.1) is 5.92 Å². The van der Waals surface area contributed by atoms with Crippen LogP contribution in [0.1, 0.15) is 82.4 Å². The quantitative estimate of drug-likeness (QED) is 0.599. The molecule has 186 valence electrons. The van der Waals surface area contributed by atoms with E-state index in [-0.39, 0.29) is 35.8 Å². The first-order valence-electron chi connectivity index (χ1n) is 13.1. The van der Waals surface area contributed by atoms with Gasteiger partial charge in [0.05, 0.1) is 12.1 Å². The molecule has 0 aromatic heterocycles. The lowest BCUT2D eigenvalue weighted by Crippen LogP contribution is -2.58. The molecule has 3 aliphatic rings. The number of nitrogens with one attached hydrogen (secondary N) is 3. The lowest BCUT2D eigenvalue weighted by Gasteiger charge is -2.38. The molecule has 0 saturated carbocycles. The molecule has 6 atom stereocenters. The van der Waals surface area contributed by atoms with Gasteiger partial charge in [0.25, 0.3) is 0 Å². The van der Waals surface area contributed by atoms with Gasteiger partial charge in [0.2, 0.25) is 17.7 Å². The van der Waals surface area contributed by atoms with Gasteiger partial charge >= 0.3 is 0 Å². The molecule has 1 aromatic rings. The van der Waals surface area contributed by atoms with Crippen LogP contribution >= 0.6 is 0 Å². The maximum absolute atomic E-state index is 13.8. The van der Waals surface area contributed by atoms with E-state index in [0.717, 1.165) is 44.9 Å². The van der Waals surface area contributed by atoms with Crippen molar-refractivity contribution in [2.75, 3.05) is 7.05 Å². The van der Waals surface area contributed by atoms with Crippen molar-refractivity contribution >= 4 is 17.7 Å². The van der Waals surface area contributed by atoms with E-state index < -0.39 is 12.1 Å². The number of likely N-dealkylation sites (N-methyl/N-ethyl adjacent to an activating group) is 1. The van der Waals surface area contributed by atoms with Crippen LogP contribution in [-0.4, -0.2) is 53.8 Å². The van der Waals surface area contributed by atoms with Gasteiger partial charge < -0.3 is 20.9 Å². The van der Waals surface area contributed by atoms with Crippen molar-refractivity contribution in [1.29, 1.82) is 0 Å². The zero-order chi connectivity index (χ0) is 24.2. The van der Waals surface area contributed by atoms with Crippen LogP contribution in [-0.2, 0) is 20.8 Å². The van der Waals surface area contributed by atoms with Crippen LogP contribution in [0.15, 0.2) is 24.3 Å². The van der Waals surface area contributed by atoms with Crippen LogP contribution in [0.5, 0.6) is 0 Å². The molecule has 2 saturated heterocycles. The van der Waals surface area contributed by atoms with E-state index in [0.29, 0.717) is 18.8 Å². The molecule has 1 aromatic carbocycles. The number of carbonyl (C=O) groups excluding carboxylic acids is 3. The largest absolute Gasteiger partial charge is 0.347 e. The number of amides is 3. The van der Waals surface area contributed by atoms with E-state index in [2.05, 4.69) is 41.1 Å². The highest BCUT2D eigenvalue weighted by Crippen LogP contribution is 2.35. The Hall–Kier alpha value is -2.41. The Morgan fingerprint density at radius 1 is 1.06 bits per heavy atom. The fraction of sp³-hybridized carbons (Fsp3) is 0.667. The minimum absolute atomic E-state index is 0.00203. The average molecular weight is 469 g/mol. The molecule has 7 heteroatoms. The Morgan fingerprint density at radius 3 is 2.59 bits per heavy atom.